The van der Waals surface area contributed by atoms with Crippen LogP contribution in [0.4, 0.5) is 0 Å². The van der Waals surface area contributed by atoms with Crippen molar-refractivity contribution in [1.82, 2.24) is 0 Å². The molecule has 0 aliphatic rings. The van der Waals surface area contributed by atoms with Crippen LogP contribution in [0.5, 0.6) is 0 Å². The lowest BCUT2D eigenvalue weighted by Gasteiger charge is -2.21. The monoisotopic (exact) mass is 1320 g/mol. The van der Waals surface area contributed by atoms with Crippen molar-refractivity contribution in [3.63, 3.8) is 0 Å². The van der Waals surface area contributed by atoms with Gasteiger partial charge >= 0.3 is 39.5 Å². The summed E-state index contributed by atoms with van der Waals surface area (Å²) in [7, 11) is -9.90. The lowest BCUT2D eigenvalue weighted by molar-refractivity contribution is -0.161. The number of aliphatic hydroxyl groups is 1. The third kappa shape index (κ3) is 64.8. The first-order valence-electron chi connectivity index (χ1n) is 37.0. The van der Waals surface area contributed by atoms with Crippen LogP contribution in [0, 0.1) is 11.8 Å². The number of hydrogen-bond donors (Lipinski definition) is 3. The molecule has 0 saturated heterocycles. The van der Waals surface area contributed by atoms with Gasteiger partial charge in [-0.1, -0.05) is 311 Å². The normalized spacial score (nSPS) is 14.1. The molecule has 0 saturated carbocycles. The van der Waals surface area contributed by atoms with Crippen molar-refractivity contribution in [2.24, 2.45) is 11.8 Å². The van der Waals surface area contributed by atoms with E-state index in [1.807, 2.05) is 0 Å². The number of unbranched alkanes of at least 4 members (excludes halogenated alkanes) is 40. The molecule has 0 heterocycles. The van der Waals surface area contributed by atoms with E-state index < -0.39 is 97.5 Å². The zero-order chi connectivity index (χ0) is 66.5. The summed E-state index contributed by atoms with van der Waals surface area (Å²) in [5.74, 6) is -0.578. The SMILES string of the molecule is CCCCCCCCCCCCCCC(=O)O[C@H](COC(=O)CCCCCCCCCC)COP(=O)(O)OC[C@H](O)COP(=O)(O)OC[C@@H](COC(=O)CCCCCCCCCCCC(C)C)OC(=O)CCCCCCCCCCCCCCCCCC(C)C. The Hall–Kier alpha value is -1.94. The molecule has 17 nitrogen and oxygen atoms in total. The highest BCUT2D eigenvalue weighted by atomic mass is 31.2. The Labute approximate surface area is 549 Å². The molecule has 0 fully saturated rings. The maximum absolute atomic E-state index is 13.0. The van der Waals surface area contributed by atoms with E-state index in [2.05, 4.69) is 41.5 Å². The molecule has 0 aliphatic carbocycles. The Balaban J connectivity index is 5.20. The van der Waals surface area contributed by atoms with Crippen molar-refractivity contribution in [2.45, 2.75) is 381 Å². The van der Waals surface area contributed by atoms with Gasteiger partial charge in [0.15, 0.2) is 12.2 Å². The number of carbonyl (C=O) groups excluding carboxylic acids is 4. The van der Waals surface area contributed by atoms with Crippen molar-refractivity contribution in [3.05, 3.63) is 0 Å². The first-order chi connectivity index (χ1) is 43.4. The molecule has 3 N–H and O–H groups in total. The quantitative estimate of drug-likeness (QED) is 0.0222. The summed E-state index contributed by atoms with van der Waals surface area (Å²) < 4.78 is 68.3. The van der Waals surface area contributed by atoms with E-state index in [-0.39, 0.29) is 25.7 Å². The van der Waals surface area contributed by atoms with Crippen molar-refractivity contribution in [2.75, 3.05) is 39.6 Å². The second-order valence-electron chi connectivity index (χ2n) is 26.6. The number of rotatable bonds is 70. The standard InChI is InChI=1S/C71H138O17P2/c1-7-9-11-13-15-17-18-25-30-37-43-49-55-70(75)87-66(59-81-68(73)53-47-41-35-16-14-12-10-8-2)61-85-89(77,78)83-57-65(72)58-84-90(79,80)86-62-67(60-82-69(74)54-48-42-36-32-27-29-34-40-46-52-64(5)6)88-71(76)56-50-44-38-31-26-23-21-19-20-22-24-28-33-39-45-51-63(3)4/h63-67,72H,7-62H2,1-6H3,(H,77,78)(H,79,80)/t65-,66+,67+/m0/s1. The van der Waals surface area contributed by atoms with E-state index in [0.29, 0.717) is 25.7 Å². The molecule has 0 bridgehead atoms. The fourth-order valence-corrected chi connectivity index (χ4v) is 12.3. The Kier molecular flexibility index (Phi) is 61.8. The van der Waals surface area contributed by atoms with Gasteiger partial charge in [0.2, 0.25) is 0 Å². The number of aliphatic hydroxyl groups excluding tert-OH is 1. The van der Waals surface area contributed by atoms with Gasteiger partial charge in [-0.15, -0.1) is 0 Å². The van der Waals surface area contributed by atoms with Crippen LogP contribution in [-0.2, 0) is 65.4 Å². The second-order valence-corrected chi connectivity index (χ2v) is 29.5. The number of esters is 4. The van der Waals surface area contributed by atoms with E-state index >= 15 is 0 Å². The number of hydrogen-bond acceptors (Lipinski definition) is 15. The molecule has 19 heteroatoms. The average Bonchev–Trinajstić information content (AvgIpc) is 3.64. The Morgan fingerprint density at radius 1 is 0.300 bits per heavy atom. The molecule has 0 aromatic rings. The van der Waals surface area contributed by atoms with E-state index in [1.165, 1.54) is 173 Å². The van der Waals surface area contributed by atoms with Gasteiger partial charge in [-0.3, -0.25) is 37.3 Å². The third-order valence-electron chi connectivity index (χ3n) is 16.5. The van der Waals surface area contributed by atoms with Crippen molar-refractivity contribution >= 4 is 39.5 Å². The van der Waals surface area contributed by atoms with Gasteiger partial charge in [0, 0.05) is 25.7 Å². The molecule has 0 aromatic carbocycles. The molecular weight excluding hydrogens is 1190 g/mol. The van der Waals surface area contributed by atoms with Crippen LogP contribution in [-0.4, -0.2) is 96.7 Å². The predicted octanol–water partition coefficient (Wildman–Crippen LogP) is 20.4. The smallest absolute Gasteiger partial charge is 0.462 e. The van der Waals surface area contributed by atoms with E-state index in [0.717, 1.165) is 108 Å². The second kappa shape index (κ2) is 63.1. The topological polar surface area (TPSA) is 237 Å². The van der Waals surface area contributed by atoms with Gasteiger partial charge in [-0.2, -0.15) is 0 Å². The Bertz CT molecular complexity index is 1750. The van der Waals surface area contributed by atoms with Gasteiger partial charge < -0.3 is 33.8 Å². The summed E-state index contributed by atoms with van der Waals surface area (Å²) >= 11 is 0. The van der Waals surface area contributed by atoms with Crippen LogP contribution in [0.2, 0.25) is 0 Å². The highest BCUT2D eigenvalue weighted by Gasteiger charge is 2.30. The number of ether oxygens (including phenoxy) is 4. The van der Waals surface area contributed by atoms with Gasteiger partial charge in [-0.25, -0.2) is 9.13 Å². The predicted molar refractivity (Wildman–Crippen MR) is 363 cm³/mol. The minimum atomic E-state index is -4.95. The molecule has 0 radical (unpaired) electrons. The van der Waals surface area contributed by atoms with Crippen LogP contribution < -0.4 is 0 Å². The molecule has 0 aromatic heterocycles. The van der Waals surface area contributed by atoms with Gasteiger partial charge in [0.1, 0.15) is 19.3 Å². The maximum Gasteiger partial charge on any atom is 0.472 e. The van der Waals surface area contributed by atoms with Crippen LogP contribution in [0.3, 0.4) is 0 Å². The van der Waals surface area contributed by atoms with Crippen molar-refractivity contribution in [1.29, 1.82) is 0 Å². The van der Waals surface area contributed by atoms with Crippen molar-refractivity contribution in [3.8, 4) is 0 Å². The zero-order valence-electron chi connectivity index (χ0n) is 58.4. The minimum Gasteiger partial charge on any atom is -0.462 e. The summed E-state index contributed by atoms with van der Waals surface area (Å²) in [4.78, 5) is 72.5. The number of phosphoric ester groups is 2. The van der Waals surface area contributed by atoms with Crippen LogP contribution in [0.25, 0.3) is 0 Å². The fourth-order valence-electron chi connectivity index (χ4n) is 10.8. The Morgan fingerprint density at radius 2 is 0.511 bits per heavy atom. The molecular formula is C71H138O17P2. The molecule has 534 valence electrons. The first kappa shape index (κ1) is 88.1. The minimum absolute atomic E-state index is 0.107. The zero-order valence-corrected chi connectivity index (χ0v) is 60.2. The summed E-state index contributed by atoms with van der Waals surface area (Å²) in [5.41, 5.74) is 0. The van der Waals surface area contributed by atoms with Crippen molar-refractivity contribution < 1.29 is 80.2 Å². The van der Waals surface area contributed by atoms with E-state index in [1.54, 1.807) is 0 Å². The summed E-state index contributed by atoms with van der Waals surface area (Å²) in [6.07, 6.45) is 48.6. The summed E-state index contributed by atoms with van der Waals surface area (Å²) in [6, 6.07) is 0. The van der Waals surface area contributed by atoms with Crippen LogP contribution in [0.15, 0.2) is 0 Å². The van der Waals surface area contributed by atoms with Gasteiger partial charge in [0.05, 0.1) is 26.4 Å². The fraction of sp³-hybridized carbons (Fsp3) is 0.944. The molecule has 0 amide bonds. The average molecular weight is 1330 g/mol. The Morgan fingerprint density at radius 3 is 0.756 bits per heavy atom. The summed E-state index contributed by atoms with van der Waals surface area (Å²) in [6.45, 7) is 9.54. The van der Waals surface area contributed by atoms with E-state index in [4.69, 9.17) is 37.0 Å². The third-order valence-corrected chi connectivity index (χ3v) is 18.4. The maximum atomic E-state index is 13.0. The number of phosphoric acid groups is 2. The van der Waals surface area contributed by atoms with E-state index in [9.17, 15) is 43.2 Å². The molecule has 0 aliphatic heterocycles. The van der Waals surface area contributed by atoms with Gasteiger partial charge in [0.25, 0.3) is 0 Å². The molecule has 90 heavy (non-hydrogen) atoms. The highest BCUT2D eigenvalue weighted by molar-refractivity contribution is 7.47. The molecule has 2 unspecified atom stereocenters. The van der Waals surface area contributed by atoms with Crippen LogP contribution in [0.1, 0.15) is 363 Å². The van der Waals surface area contributed by atoms with Crippen LogP contribution >= 0.6 is 15.6 Å². The lowest BCUT2D eigenvalue weighted by Crippen LogP contribution is -2.30. The van der Waals surface area contributed by atoms with Gasteiger partial charge in [-0.05, 0) is 37.5 Å². The number of carbonyl (C=O) groups is 4. The molecule has 5 atom stereocenters. The molecule has 0 rings (SSSR count). The highest BCUT2D eigenvalue weighted by Crippen LogP contribution is 2.45. The largest absolute Gasteiger partial charge is 0.472 e. The summed E-state index contributed by atoms with van der Waals surface area (Å²) in [5, 5.41) is 10.6. The first-order valence-corrected chi connectivity index (χ1v) is 40.0. The molecule has 0 spiro atoms. The lowest BCUT2D eigenvalue weighted by atomic mass is 10.0.